The molecule has 110 valence electrons. The summed E-state index contributed by atoms with van der Waals surface area (Å²) in [4.78, 5) is 10.6. The molecule has 0 spiro atoms. The highest BCUT2D eigenvalue weighted by atomic mass is 32.2. The van der Waals surface area contributed by atoms with Gasteiger partial charge in [-0.25, -0.2) is 9.97 Å². The fourth-order valence-corrected chi connectivity index (χ4v) is 4.35. The zero-order valence-corrected chi connectivity index (χ0v) is 13.9. The SMILES string of the molecule is C[C@H](Sc1ncnc2sccc12)c1nnc(-c2cccs2)o1. The van der Waals surface area contributed by atoms with Crippen molar-refractivity contribution in [1.82, 2.24) is 20.2 Å². The van der Waals surface area contributed by atoms with Crippen LogP contribution in [0.3, 0.4) is 0 Å². The van der Waals surface area contributed by atoms with E-state index in [-0.39, 0.29) is 5.25 Å². The zero-order chi connectivity index (χ0) is 14.9. The molecule has 0 aromatic carbocycles. The highest BCUT2D eigenvalue weighted by Gasteiger charge is 2.18. The predicted molar refractivity (Wildman–Crippen MR) is 89.3 cm³/mol. The van der Waals surface area contributed by atoms with Gasteiger partial charge in [0, 0.05) is 5.39 Å². The van der Waals surface area contributed by atoms with Crippen LogP contribution >= 0.6 is 34.4 Å². The molecule has 1 atom stereocenters. The molecule has 0 aliphatic heterocycles. The molecule has 0 saturated heterocycles. The summed E-state index contributed by atoms with van der Waals surface area (Å²) in [7, 11) is 0. The predicted octanol–water partition coefficient (Wildman–Crippen LogP) is 4.66. The van der Waals surface area contributed by atoms with Gasteiger partial charge in [0.25, 0.3) is 5.89 Å². The number of hydrogen-bond donors (Lipinski definition) is 0. The van der Waals surface area contributed by atoms with Gasteiger partial charge < -0.3 is 4.42 Å². The third-order valence-corrected chi connectivity index (χ3v) is 5.82. The van der Waals surface area contributed by atoms with E-state index in [1.54, 1.807) is 40.8 Å². The van der Waals surface area contributed by atoms with Crippen molar-refractivity contribution in [3.05, 3.63) is 41.2 Å². The summed E-state index contributed by atoms with van der Waals surface area (Å²) >= 11 is 4.80. The van der Waals surface area contributed by atoms with E-state index in [4.69, 9.17) is 4.42 Å². The van der Waals surface area contributed by atoms with Crippen LogP contribution in [-0.4, -0.2) is 20.2 Å². The minimum absolute atomic E-state index is 0.0270. The van der Waals surface area contributed by atoms with Crippen molar-refractivity contribution in [2.75, 3.05) is 0 Å². The van der Waals surface area contributed by atoms with Crippen molar-refractivity contribution in [3.8, 4) is 10.8 Å². The Morgan fingerprint density at radius 3 is 2.95 bits per heavy atom. The minimum Gasteiger partial charge on any atom is -0.419 e. The van der Waals surface area contributed by atoms with E-state index in [0.717, 1.165) is 20.1 Å². The fourth-order valence-electron chi connectivity index (χ4n) is 1.98. The molecule has 4 heterocycles. The Bertz CT molecular complexity index is 900. The normalized spacial score (nSPS) is 12.8. The summed E-state index contributed by atoms with van der Waals surface area (Å²) in [6.45, 7) is 2.04. The van der Waals surface area contributed by atoms with Crippen LogP contribution in [0.5, 0.6) is 0 Å². The average Bonchev–Trinajstić information content (AvgIpc) is 3.27. The van der Waals surface area contributed by atoms with Crippen LogP contribution in [0.1, 0.15) is 18.1 Å². The van der Waals surface area contributed by atoms with Crippen molar-refractivity contribution in [3.63, 3.8) is 0 Å². The van der Waals surface area contributed by atoms with Gasteiger partial charge in [-0.3, -0.25) is 0 Å². The number of aromatic nitrogens is 4. The Labute approximate surface area is 138 Å². The van der Waals surface area contributed by atoms with Gasteiger partial charge in [-0.15, -0.1) is 32.9 Å². The maximum Gasteiger partial charge on any atom is 0.257 e. The molecule has 4 aromatic heterocycles. The van der Waals surface area contributed by atoms with Crippen molar-refractivity contribution in [2.45, 2.75) is 17.2 Å². The zero-order valence-electron chi connectivity index (χ0n) is 11.5. The Hall–Kier alpha value is -1.77. The van der Waals surface area contributed by atoms with E-state index in [0.29, 0.717) is 11.8 Å². The van der Waals surface area contributed by atoms with Gasteiger partial charge in [0.1, 0.15) is 16.2 Å². The lowest BCUT2D eigenvalue weighted by atomic mass is 10.4. The third kappa shape index (κ3) is 2.53. The van der Waals surface area contributed by atoms with Crippen molar-refractivity contribution in [1.29, 1.82) is 0 Å². The molecule has 0 amide bonds. The van der Waals surface area contributed by atoms with Gasteiger partial charge in [0.15, 0.2) is 0 Å². The molecule has 4 aromatic rings. The van der Waals surface area contributed by atoms with Crippen LogP contribution < -0.4 is 0 Å². The van der Waals surface area contributed by atoms with Crippen molar-refractivity contribution >= 4 is 44.7 Å². The smallest absolute Gasteiger partial charge is 0.257 e. The fraction of sp³-hybridized carbons (Fsp3) is 0.143. The quantitative estimate of drug-likeness (QED) is 0.396. The van der Waals surface area contributed by atoms with E-state index in [1.165, 1.54) is 0 Å². The summed E-state index contributed by atoms with van der Waals surface area (Å²) in [5, 5.41) is 14.3. The monoisotopic (exact) mass is 346 g/mol. The van der Waals surface area contributed by atoms with Crippen LogP contribution in [0, 0.1) is 0 Å². The summed E-state index contributed by atoms with van der Waals surface area (Å²) in [6, 6.07) is 5.98. The van der Waals surface area contributed by atoms with Gasteiger partial charge in [-0.1, -0.05) is 17.8 Å². The maximum absolute atomic E-state index is 5.78. The van der Waals surface area contributed by atoms with E-state index in [9.17, 15) is 0 Å². The summed E-state index contributed by atoms with van der Waals surface area (Å²) in [5.74, 6) is 1.18. The van der Waals surface area contributed by atoms with Crippen molar-refractivity contribution < 1.29 is 4.42 Å². The lowest BCUT2D eigenvalue weighted by Crippen LogP contribution is -1.91. The Morgan fingerprint density at radius 1 is 1.14 bits per heavy atom. The Morgan fingerprint density at radius 2 is 2.09 bits per heavy atom. The highest BCUT2D eigenvalue weighted by molar-refractivity contribution is 7.99. The molecule has 4 rings (SSSR count). The van der Waals surface area contributed by atoms with Gasteiger partial charge >= 0.3 is 0 Å². The van der Waals surface area contributed by atoms with Crippen LogP contribution in [0.4, 0.5) is 0 Å². The molecule has 0 unspecified atom stereocenters. The molecule has 0 aliphatic carbocycles. The van der Waals surface area contributed by atoms with E-state index < -0.39 is 0 Å². The van der Waals surface area contributed by atoms with Gasteiger partial charge in [-0.05, 0) is 29.8 Å². The number of thiophene rings is 2. The molecule has 0 N–H and O–H groups in total. The molecular weight excluding hydrogens is 336 g/mol. The Balaban J connectivity index is 1.60. The maximum atomic E-state index is 5.78. The molecule has 5 nitrogen and oxygen atoms in total. The largest absolute Gasteiger partial charge is 0.419 e. The first kappa shape index (κ1) is 13.9. The first-order valence-corrected chi connectivity index (χ1v) is 9.17. The minimum atomic E-state index is 0.0270. The molecular formula is C14H10N4OS3. The van der Waals surface area contributed by atoms with Gasteiger partial charge in [0.05, 0.1) is 10.1 Å². The lowest BCUT2D eigenvalue weighted by molar-refractivity contribution is 0.510. The van der Waals surface area contributed by atoms with E-state index in [2.05, 4.69) is 20.2 Å². The van der Waals surface area contributed by atoms with Crippen LogP contribution in [0.15, 0.2) is 44.7 Å². The molecule has 0 bridgehead atoms. The standard InChI is InChI=1S/C14H10N4OS3/c1-8(11-17-18-12(19-11)10-3-2-5-20-10)22-14-9-4-6-21-13(9)15-7-16-14/h2-8H,1H3/t8-/m0/s1. The topological polar surface area (TPSA) is 64.7 Å². The second-order valence-corrected chi connectivity index (χ2v) is 7.67. The second-order valence-electron chi connectivity index (χ2n) is 4.50. The Kier molecular flexibility index (Phi) is 3.65. The van der Waals surface area contributed by atoms with Gasteiger partial charge in [-0.2, -0.15) is 0 Å². The molecule has 0 saturated carbocycles. The summed E-state index contributed by atoms with van der Waals surface area (Å²) < 4.78 is 5.78. The second kappa shape index (κ2) is 5.79. The third-order valence-electron chi connectivity index (χ3n) is 3.03. The number of nitrogens with zero attached hydrogens (tertiary/aromatic N) is 4. The van der Waals surface area contributed by atoms with Crippen molar-refractivity contribution in [2.24, 2.45) is 0 Å². The summed E-state index contributed by atoms with van der Waals surface area (Å²) in [5.41, 5.74) is 0. The number of hydrogen-bond acceptors (Lipinski definition) is 8. The number of thioether (sulfide) groups is 1. The van der Waals surface area contributed by atoms with Gasteiger partial charge in [0.2, 0.25) is 5.89 Å². The molecule has 8 heteroatoms. The molecule has 0 radical (unpaired) electrons. The summed E-state index contributed by atoms with van der Waals surface area (Å²) in [6.07, 6.45) is 1.60. The van der Waals surface area contributed by atoms with Crippen LogP contribution in [0.2, 0.25) is 0 Å². The van der Waals surface area contributed by atoms with Crippen LogP contribution in [0.25, 0.3) is 21.0 Å². The van der Waals surface area contributed by atoms with E-state index >= 15 is 0 Å². The molecule has 0 fully saturated rings. The average molecular weight is 346 g/mol. The molecule has 0 aliphatic rings. The van der Waals surface area contributed by atoms with Crippen LogP contribution in [-0.2, 0) is 0 Å². The number of fused-ring (bicyclic) bond motifs is 1. The molecule has 22 heavy (non-hydrogen) atoms. The number of rotatable bonds is 4. The lowest BCUT2D eigenvalue weighted by Gasteiger charge is -2.06. The first-order chi connectivity index (χ1) is 10.8. The van der Waals surface area contributed by atoms with E-state index in [1.807, 2.05) is 35.9 Å². The highest BCUT2D eigenvalue weighted by Crippen LogP contribution is 2.38. The first-order valence-electron chi connectivity index (χ1n) is 6.53.